The van der Waals surface area contributed by atoms with Crippen LogP contribution < -0.4 is 5.73 Å². The smallest absolute Gasteiger partial charge is 0.123 e. The van der Waals surface area contributed by atoms with Crippen LogP contribution >= 0.6 is 0 Å². The fourth-order valence-corrected chi connectivity index (χ4v) is 0.525. The number of allylic oxidation sites excluding steroid dienone is 2. The van der Waals surface area contributed by atoms with Crippen LogP contribution in [0.3, 0.4) is 0 Å². The van der Waals surface area contributed by atoms with E-state index in [0.717, 1.165) is 5.57 Å². The molecule has 0 aromatic carbocycles. The van der Waals surface area contributed by atoms with E-state index in [-0.39, 0.29) is 0 Å². The van der Waals surface area contributed by atoms with Crippen LogP contribution in [-0.4, -0.2) is 7.11 Å². The van der Waals surface area contributed by atoms with Gasteiger partial charge in [0, 0.05) is 11.8 Å². The van der Waals surface area contributed by atoms with Gasteiger partial charge >= 0.3 is 0 Å². The van der Waals surface area contributed by atoms with Gasteiger partial charge in [-0.3, -0.25) is 0 Å². The standard InChI is InChI=1S/C8H13NO/c1-6(2)8(10-4)5-7(3)9/h5H,1,3,9H2,2,4H3/b8-5+. The molecule has 0 amide bonds. The van der Waals surface area contributed by atoms with Crippen molar-refractivity contribution in [2.24, 2.45) is 5.73 Å². The van der Waals surface area contributed by atoms with E-state index in [1.54, 1.807) is 13.2 Å². The maximum atomic E-state index is 5.31. The number of nitrogens with two attached hydrogens (primary N) is 1. The lowest BCUT2D eigenvalue weighted by molar-refractivity contribution is 0.301. The second kappa shape index (κ2) is 3.77. The molecule has 0 unspecified atom stereocenters. The average Bonchev–Trinajstić information content (AvgIpc) is 1.81. The molecule has 0 aliphatic carbocycles. The molecular formula is C8H13NO. The molecule has 2 N–H and O–H groups in total. The molecule has 0 heterocycles. The number of rotatable bonds is 3. The van der Waals surface area contributed by atoms with Crippen molar-refractivity contribution >= 4 is 0 Å². The molecule has 0 saturated heterocycles. The molecule has 0 aliphatic heterocycles. The van der Waals surface area contributed by atoms with Gasteiger partial charge in [-0.05, 0) is 12.5 Å². The summed E-state index contributed by atoms with van der Waals surface area (Å²) in [5.74, 6) is 0.674. The molecule has 56 valence electrons. The second-order valence-electron chi connectivity index (χ2n) is 2.07. The molecule has 2 nitrogen and oxygen atoms in total. The van der Waals surface area contributed by atoms with Crippen LogP contribution in [0.4, 0.5) is 0 Å². The van der Waals surface area contributed by atoms with Crippen molar-refractivity contribution in [1.29, 1.82) is 0 Å². The van der Waals surface area contributed by atoms with Crippen LogP contribution in [-0.2, 0) is 4.74 Å². The molecule has 0 spiro atoms. The zero-order valence-electron chi connectivity index (χ0n) is 6.48. The van der Waals surface area contributed by atoms with Gasteiger partial charge in [0.1, 0.15) is 5.76 Å². The molecule has 0 rings (SSSR count). The summed E-state index contributed by atoms with van der Waals surface area (Å²) in [5.41, 5.74) is 6.63. The molecule has 0 fully saturated rings. The third kappa shape index (κ3) is 2.97. The quantitative estimate of drug-likeness (QED) is 0.475. The zero-order chi connectivity index (χ0) is 8.15. The topological polar surface area (TPSA) is 35.2 Å². The highest BCUT2D eigenvalue weighted by Crippen LogP contribution is 2.07. The highest BCUT2D eigenvalue weighted by atomic mass is 16.5. The van der Waals surface area contributed by atoms with Gasteiger partial charge in [-0.25, -0.2) is 0 Å². The molecule has 0 saturated carbocycles. The highest BCUT2D eigenvalue weighted by molar-refractivity contribution is 5.27. The van der Waals surface area contributed by atoms with Gasteiger partial charge in [-0.2, -0.15) is 0 Å². The first-order valence-corrected chi connectivity index (χ1v) is 2.94. The lowest BCUT2D eigenvalue weighted by atomic mass is 10.2. The van der Waals surface area contributed by atoms with Crippen molar-refractivity contribution in [1.82, 2.24) is 0 Å². The van der Waals surface area contributed by atoms with Crippen LogP contribution in [0.5, 0.6) is 0 Å². The van der Waals surface area contributed by atoms with Gasteiger partial charge < -0.3 is 10.5 Å². The Hall–Kier alpha value is -1.18. The van der Waals surface area contributed by atoms with Gasteiger partial charge in [0.2, 0.25) is 0 Å². The number of hydrogen-bond acceptors (Lipinski definition) is 2. The Labute approximate surface area is 61.7 Å². The Morgan fingerprint density at radius 2 is 2.00 bits per heavy atom. The number of ether oxygens (including phenoxy) is 1. The van der Waals surface area contributed by atoms with Crippen LogP contribution in [0.25, 0.3) is 0 Å². The molecule has 0 aromatic heterocycles. The minimum absolute atomic E-state index is 0.472. The summed E-state index contributed by atoms with van der Waals surface area (Å²) in [6.45, 7) is 9.04. The summed E-state index contributed by atoms with van der Waals surface area (Å²) in [6.07, 6.45) is 1.64. The van der Waals surface area contributed by atoms with E-state index in [9.17, 15) is 0 Å². The lowest BCUT2D eigenvalue weighted by Gasteiger charge is -2.03. The molecular weight excluding hydrogens is 126 g/mol. The molecule has 0 aliphatic rings. The lowest BCUT2D eigenvalue weighted by Crippen LogP contribution is -1.94. The Bertz CT molecular complexity index is 180. The van der Waals surface area contributed by atoms with Gasteiger partial charge in [-0.15, -0.1) is 0 Å². The fourth-order valence-electron chi connectivity index (χ4n) is 0.525. The first-order chi connectivity index (χ1) is 4.57. The average molecular weight is 139 g/mol. The van der Waals surface area contributed by atoms with E-state index in [1.807, 2.05) is 6.92 Å². The van der Waals surface area contributed by atoms with E-state index in [4.69, 9.17) is 10.5 Å². The summed E-state index contributed by atoms with van der Waals surface area (Å²) in [5, 5.41) is 0. The Morgan fingerprint density at radius 1 is 1.50 bits per heavy atom. The third-order valence-electron chi connectivity index (χ3n) is 0.957. The highest BCUT2D eigenvalue weighted by Gasteiger charge is 1.94. The third-order valence-corrected chi connectivity index (χ3v) is 0.957. The maximum Gasteiger partial charge on any atom is 0.123 e. The van der Waals surface area contributed by atoms with Crippen molar-refractivity contribution in [3.8, 4) is 0 Å². The van der Waals surface area contributed by atoms with Gasteiger partial charge in [-0.1, -0.05) is 13.2 Å². The molecule has 0 aromatic rings. The summed E-state index contributed by atoms with van der Waals surface area (Å²) >= 11 is 0. The van der Waals surface area contributed by atoms with Crippen LogP contribution in [0.2, 0.25) is 0 Å². The summed E-state index contributed by atoms with van der Waals surface area (Å²) in [7, 11) is 1.57. The summed E-state index contributed by atoms with van der Waals surface area (Å²) in [4.78, 5) is 0. The van der Waals surface area contributed by atoms with Crippen molar-refractivity contribution in [2.45, 2.75) is 6.92 Å². The van der Waals surface area contributed by atoms with E-state index < -0.39 is 0 Å². The molecule has 0 radical (unpaired) electrons. The van der Waals surface area contributed by atoms with E-state index in [0.29, 0.717) is 11.5 Å². The second-order valence-corrected chi connectivity index (χ2v) is 2.07. The maximum absolute atomic E-state index is 5.31. The molecule has 2 heteroatoms. The van der Waals surface area contributed by atoms with E-state index >= 15 is 0 Å². The summed E-state index contributed by atoms with van der Waals surface area (Å²) < 4.78 is 4.94. The zero-order valence-corrected chi connectivity index (χ0v) is 6.48. The van der Waals surface area contributed by atoms with Crippen molar-refractivity contribution in [3.05, 3.63) is 36.3 Å². The van der Waals surface area contributed by atoms with Gasteiger partial charge in [0.05, 0.1) is 7.11 Å². The van der Waals surface area contributed by atoms with Crippen LogP contribution in [0.1, 0.15) is 6.92 Å². The minimum Gasteiger partial charge on any atom is -0.496 e. The monoisotopic (exact) mass is 139 g/mol. The first kappa shape index (κ1) is 8.82. The summed E-state index contributed by atoms with van der Waals surface area (Å²) in [6, 6.07) is 0. The van der Waals surface area contributed by atoms with Crippen molar-refractivity contribution in [3.63, 3.8) is 0 Å². The van der Waals surface area contributed by atoms with Crippen LogP contribution in [0, 0.1) is 0 Å². The van der Waals surface area contributed by atoms with Crippen LogP contribution in [0.15, 0.2) is 36.3 Å². The van der Waals surface area contributed by atoms with Gasteiger partial charge in [0.15, 0.2) is 0 Å². The molecule has 0 atom stereocenters. The van der Waals surface area contributed by atoms with E-state index in [1.165, 1.54) is 0 Å². The Morgan fingerprint density at radius 3 is 2.10 bits per heavy atom. The normalized spacial score (nSPS) is 10.8. The van der Waals surface area contributed by atoms with Crippen molar-refractivity contribution in [2.75, 3.05) is 7.11 Å². The Balaban J connectivity index is 4.34. The number of hydrogen-bond donors (Lipinski definition) is 1. The Kier molecular flexibility index (Phi) is 3.33. The molecule has 0 bridgehead atoms. The van der Waals surface area contributed by atoms with Crippen molar-refractivity contribution < 1.29 is 4.74 Å². The largest absolute Gasteiger partial charge is 0.496 e. The van der Waals surface area contributed by atoms with E-state index in [2.05, 4.69) is 13.2 Å². The first-order valence-electron chi connectivity index (χ1n) is 2.94. The fraction of sp³-hybridized carbons (Fsp3) is 0.250. The number of methoxy groups -OCH3 is 1. The SMILES string of the molecule is C=C(N)/C=C(/OC)C(=C)C. The molecule has 10 heavy (non-hydrogen) atoms. The predicted octanol–water partition coefficient (Wildman–Crippen LogP) is 1.57. The minimum atomic E-state index is 0.472. The van der Waals surface area contributed by atoms with Gasteiger partial charge in [0.25, 0.3) is 0 Å². The predicted molar refractivity (Wildman–Crippen MR) is 43.2 cm³/mol.